The quantitative estimate of drug-likeness (QED) is 0.422. The highest BCUT2D eigenvalue weighted by molar-refractivity contribution is 7.99. The number of hydrogen-bond acceptors (Lipinski definition) is 6. The number of methoxy groups -OCH3 is 1. The van der Waals surface area contributed by atoms with Crippen LogP contribution in [0.5, 0.6) is 11.5 Å². The van der Waals surface area contributed by atoms with Crippen LogP contribution in [-0.2, 0) is 17.8 Å². The van der Waals surface area contributed by atoms with Gasteiger partial charge in [0.15, 0.2) is 11.0 Å². The first kappa shape index (κ1) is 22.1. The zero-order valence-electron chi connectivity index (χ0n) is 18.4. The standard InChI is InChI=1S/C24H25ClN4O3S/c1-31-18-10-11-20-16(13-18)5-4-12-28(20)23(30)15-33-24-27-26-22(29(24)17-8-9-17)14-32-21-7-3-2-6-19(21)25/h2-3,6-7,10-11,13,17H,4-5,8-9,12,14-15H2,1H3. The Morgan fingerprint density at radius 2 is 2.06 bits per heavy atom. The van der Waals surface area contributed by atoms with Crippen molar-refractivity contribution < 1.29 is 14.3 Å². The summed E-state index contributed by atoms with van der Waals surface area (Å²) in [5.41, 5.74) is 2.13. The first-order valence-electron chi connectivity index (χ1n) is 11.0. The maximum atomic E-state index is 13.1. The summed E-state index contributed by atoms with van der Waals surface area (Å²) in [5.74, 6) is 2.57. The molecule has 2 aromatic carbocycles. The van der Waals surface area contributed by atoms with Crippen molar-refractivity contribution in [3.8, 4) is 11.5 Å². The van der Waals surface area contributed by atoms with Gasteiger partial charge >= 0.3 is 0 Å². The number of anilines is 1. The van der Waals surface area contributed by atoms with E-state index >= 15 is 0 Å². The normalized spacial score (nSPS) is 15.3. The number of aryl methyl sites for hydroxylation is 1. The molecule has 1 aliphatic heterocycles. The molecule has 0 spiro atoms. The molecular weight excluding hydrogens is 460 g/mol. The zero-order valence-corrected chi connectivity index (χ0v) is 19.9. The van der Waals surface area contributed by atoms with Gasteiger partial charge in [-0.2, -0.15) is 0 Å². The number of carbonyl (C=O) groups excluding carboxylic acids is 1. The second kappa shape index (κ2) is 9.65. The van der Waals surface area contributed by atoms with Crippen molar-refractivity contribution >= 4 is 35.0 Å². The molecular formula is C24H25ClN4O3S. The smallest absolute Gasteiger partial charge is 0.237 e. The van der Waals surface area contributed by atoms with Crippen molar-refractivity contribution in [2.45, 2.75) is 43.5 Å². The van der Waals surface area contributed by atoms with Gasteiger partial charge in [0.1, 0.15) is 18.1 Å². The number of carbonyl (C=O) groups is 1. The molecule has 7 nitrogen and oxygen atoms in total. The van der Waals surface area contributed by atoms with Crippen LogP contribution in [0.15, 0.2) is 47.6 Å². The third-order valence-electron chi connectivity index (χ3n) is 5.87. The molecule has 1 aliphatic carbocycles. The number of nitrogens with zero attached hydrogens (tertiary/aromatic N) is 4. The van der Waals surface area contributed by atoms with E-state index in [0.29, 0.717) is 22.6 Å². The molecule has 3 aromatic rings. The molecule has 1 amide bonds. The third-order valence-corrected chi connectivity index (χ3v) is 7.11. The first-order chi connectivity index (χ1) is 16.1. The summed E-state index contributed by atoms with van der Waals surface area (Å²) in [6.07, 6.45) is 4.06. The molecule has 1 aromatic heterocycles. The van der Waals surface area contributed by atoms with E-state index in [1.165, 1.54) is 11.8 Å². The van der Waals surface area contributed by atoms with Gasteiger partial charge in [0.05, 0.1) is 17.9 Å². The maximum absolute atomic E-state index is 13.1. The number of hydrogen-bond donors (Lipinski definition) is 0. The average molecular weight is 485 g/mol. The second-order valence-electron chi connectivity index (χ2n) is 8.15. The van der Waals surface area contributed by atoms with E-state index in [4.69, 9.17) is 21.1 Å². The predicted octanol–water partition coefficient (Wildman–Crippen LogP) is 4.93. The molecule has 2 aliphatic rings. The Labute approximate surface area is 202 Å². The summed E-state index contributed by atoms with van der Waals surface area (Å²) in [7, 11) is 1.66. The summed E-state index contributed by atoms with van der Waals surface area (Å²) < 4.78 is 13.3. The lowest BCUT2D eigenvalue weighted by Crippen LogP contribution is -2.36. The minimum Gasteiger partial charge on any atom is -0.497 e. The highest BCUT2D eigenvalue weighted by Gasteiger charge is 2.31. The highest BCUT2D eigenvalue weighted by atomic mass is 35.5. The Kier molecular flexibility index (Phi) is 6.46. The van der Waals surface area contributed by atoms with E-state index in [1.807, 2.05) is 41.3 Å². The number of ether oxygens (including phenoxy) is 2. The van der Waals surface area contributed by atoms with Crippen molar-refractivity contribution in [1.82, 2.24) is 14.8 Å². The van der Waals surface area contributed by atoms with E-state index in [2.05, 4.69) is 14.8 Å². The van der Waals surface area contributed by atoms with Gasteiger partial charge in [0, 0.05) is 18.3 Å². The third kappa shape index (κ3) is 4.82. The predicted molar refractivity (Wildman–Crippen MR) is 128 cm³/mol. The van der Waals surface area contributed by atoms with Crippen molar-refractivity contribution in [2.75, 3.05) is 24.3 Å². The van der Waals surface area contributed by atoms with Crippen molar-refractivity contribution in [3.05, 3.63) is 58.9 Å². The molecule has 0 radical (unpaired) electrons. The monoisotopic (exact) mass is 484 g/mol. The van der Waals surface area contributed by atoms with Gasteiger partial charge in [-0.3, -0.25) is 9.36 Å². The van der Waals surface area contributed by atoms with Gasteiger partial charge < -0.3 is 14.4 Å². The van der Waals surface area contributed by atoms with Crippen LogP contribution in [0.3, 0.4) is 0 Å². The van der Waals surface area contributed by atoms with Gasteiger partial charge in [-0.05, 0) is 61.6 Å². The van der Waals surface area contributed by atoms with Gasteiger partial charge in [-0.1, -0.05) is 35.5 Å². The molecule has 0 unspecified atom stereocenters. The van der Waals surface area contributed by atoms with E-state index < -0.39 is 0 Å². The van der Waals surface area contributed by atoms with Crippen LogP contribution < -0.4 is 14.4 Å². The zero-order chi connectivity index (χ0) is 22.8. The first-order valence-corrected chi connectivity index (χ1v) is 12.4. The van der Waals surface area contributed by atoms with E-state index in [-0.39, 0.29) is 12.5 Å². The molecule has 1 fully saturated rings. The summed E-state index contributed by atoms with van der Waals surface area (Å²) >= 11 is 7.64. The van der Waals surface area contributed by atoms with Crippen LogP contribution in [0.1, 0.15) is 36.7 Å². The van der Waals surface area contributed by atoms with Crippen LogP contribution >= 0.6 is 23.4 Å². The lowest BCUT2D eigenvalue weighted by atomic mass is 10.0. The Balaban J connectivity index is 1.27. The maximum Gasteiger partial charge on any atom is 0.237 e. The minimum absolute atomic E-state index is 0.0744. The molecule has 0 saturated heterocycles. The summed E-state index contributed by atoms with van der Waals surface area (Å²) in [6, 6.07) is 13.7. The topological polar surface area (TPSA) is 69.5 Å². The van der Waals surface area contributed by atoms with Crippen LogP contribution in [0.2, 0.25) is 5.02 Å². The van der Waals surface area contributed by atoms with Gasteiger partial charge in [0.25, 0.3) is 0 Å². The Hall–Kier alpha value is -2.71. The Morgan fingerprint density at radius 3 is 2.85 bits per heavy atom. The van der Waals surface area contributed by atoms with E-state index in [0.717, 1.165) is 60.2 Å². The van der Waals surface area contributed by atoms with Crippen molar-refractivity contribution in [3.63, 3.8) is 0 Å². The molecule has 172 valence electrons. The number of thioether (sulfide) groups is 1. The van der Waals surface area contributed by atoms with Gasteiger partial charge in [-0.15, -0.1) is 10.2 Å². The number of benzene rings is 2. The Morgan fingerprint density at radius 1 is 1.21 bits per heavy atom. The number of fused-ring (bicyclic) bond motifs is 1. The fourth-order valence-electron chi connectivity index (χ4n) is 4.07. The van der Waals surface area contributed by atoms with Crippen molar-refractivity contribution in [2.24, 2.45) is 0 Å². The number of rotatable bonds is 8. The fraction of sp³-hybridized carbons (Fsp3) is 0.375. The summed E-state index contributed by atoms with van der Waals surface area (Å²) in [5, 5.41) is 10.0. The number of aromatic nitrogens is 3. The molecule has 0 N–H and O–H groups in total. The Bertz CT molecular complexity index is 1160. The molecule has 9 heteroatoms. The SMILES string of the molecule is COc1ccc2c(c1)CCCN2C(=O)CSc1nnc(COc2ccccc2Cl)n1C1CC1. The summed E-state index contributed by atoms with van der Waals surface area (Å²) in [4.78, 5) is 15.0. The van der Waals surface area contributed by atoms with Crippen molar-refractivity contribution in [1.29, 1.82) is 0 Å². The number of halogens is 1. The summed E-state index contributed by atoms with van der Waals surface area (Å²) in [6.45, 7) is 1.01. The van der Waals surface area contributed by atoms with E-state index in [9.17, 15) is 4.79 Å². The van der Waals surface area contributed by atoms with Crippen LogP contribution in [-0.4, -0.2) is 40.1 Å². The fourth-order valence-corrected chi connectivity index (χ4v) is 5.16. The molecule has 1 saturated carbocycles. The molecule has 5 rings (SSSR count). The minimum atomic E-state index is 0.0744. The molecule has 33 heavy (non-hydrogen) atoms. The van der Waals surface area contributed by atoms with Crippen LogP contribution in [0.4, 0.5) is 5.69 Å². The largest absolute Gasteiger partial charge is 0.497 e. The molecule has 0 atom stereocenters. The van der Waals surface area contributed by atoms with Gasteiger partial charge in [-0.25, -0.2) is 0 Å². The second-order valence-corrected chi connectivity index (χ2v) is 9.50. The highest BCUT2D eigenvalue weighted by Crippen LogP contribution is 2.39. The van der Waals surface area contributed by atoms with E-state index in [1.54, 1.807) is 13.2 Å². The lowest BCUT2D eigenvalue weighted by Gasteiger charge is -2.29. The van der Waals surface area contributed by atoms with Gasteiger partial charge in [0.2, 0.25) is 5.91 Å². The van der Waals surface area contributed by atoms with Crippen LogP contribution in [0.25, 0.3) is 0 Å². The molecule has 0 bridgehead atoms. The number of para-hydroxylation sites is 1. The lowest BCUT2D eigenvalue weighted by molar-refractivity contribution is -0.116. The molecule has 2 heterocycles. The average Bonchev–Trinajstić information content (AvgIpc) is 3.60. The van der Waals surface area contributed by atoms with Crippen LogP contribution in [0, 0.1) is 0 Å². The number of amides is 1.